The second-order valence-electron chi connectivity index (χ2n) is 5.72. The molecule has 27 heavy (non-hydrogen) atoms. The van der Waals surface area contributed by atoms with Crippen molar-refractivity contribution in [2.75, 3.05) is 23.5 Å². The van der Waals surface area contributed by atoms with E-state index >= 15 is 0 Å². The van der Waals surface area contributed by atoms with E-state index < -0.39 is 0 Å². The van der Waals surface area contributed by atoms with Crippen LogP contribution in [0.25, 0.3) is 0 Å². The Labute approximate surface area is 161 Å². The molecule has 9 heteroatoms. The Balaban J connectivity index is 2.05. The number of aromatic amines is 1. The lowest BCUT2D eigenvalue weighted by Gasteiger charge is -2.12. The van der Waals surface area contributed by atoms with Crippen molar-refractivity contribution in [1.29, 1.82) is 0 Å². The Morgan fingerprint density at radius 2 is 2.04 bits per heavy atom. The number of H-pyrrole nitrogens is 1. The van der Waals surface area contributed by atoms with Crippen LogP contribution in [0.4, 0.5) is 11.4 Å². The Morgan fingerprint density at radius 3 is 2.70 bits per heavy atom. The van der Waals surface area contributed by atoms with E-state index in [1.165, 1.54) is 20.1 Å². The van der Waals surface area contributed by atoms with Gasteiger partial charge in [0, 0.05) is 24.4 Å². The van der Waals surface area contributed by atoms with E-state index in [1.807, 2.05) is 6.92 Å². The Kier molecular flexibility index (Phi) is 7.42. The van der Waals surface area contributed by atoms with Gasteiger partial charge in [0.2, 0.25) is 11.8 Å². The van der Waals surface area contributed by atoms with E-state index in [9.17, 15) is 14.4 Å². The van der Waals surface area contributed by atoms with Gasteiger partial charge in [0.05, 0.1) is 18.6 Å². The number of aryl methyl sites for hydroxylation is 1. The van der Waals surface area contributed by atoms with E-state index in [4.69, 9.17) is 4.74 Å². The molecule has 8 nitrogen and oxygen atoms in total. The molecular weight excluding hydrogens is 368 g/mol. The first-order chi connectivity index (χ1) is 12.9. The van der Waals surface area contributed by atoms with E-state index in [1.54, 1.807) is 18.2 Å². The van der Waals surface area contributed by atoms with E-state index in [2.05, 4.69) is 20.6 Å². The van der Waals surface area contributed by atoms with Crippen LogP contribution >= 0.6 is 11.8 Å². The molecule has 0 bridgehead atoms. The predicted molar refractivity (Wildman–Crippen MR) is 106 cm³/mol. The van der Waals surface area contributed by atoms with Gasteiger partial charge in [-0.3, -0.25) is 14.4 Å². The fraction of sp³-hybridized carbons (Fsp3) is 0.333. The van der Waals surface area contributed by atoms with Gasteiger partial charge in [-0.1, -0.05) is 25.1 Å². The summed E-state index contributed by atoms with van der Waals surface area (Å²) in [6, 6.07) is 6.41. The third kappa shape index (κ3) is 6.45. The largest absolute Gasteiger partial charge is 0.495 e. The summed E-state index contributed by atoms with van der Waals surface area (Å²) in [4.78, 5) is 42.1. The summed E-state index contributed by atoms with van der Waals surface area (Å²) < 4.78 is 5.23. The number of rotatable bonds is 8. The first kappa shape index (κ1) is 20.5. The molecule has 0 saturated carbocycles. The van der Waals surface area contributed by atoms with Crippen LogP contribution in [0.2, 0.25) is 0 Å². The van der Waals surface area contributed by atoms with E-state index in [-0.39, 0.29) is 23.1 Å². The van der Waals surface area contributed by atoms with Crippen molar-refractivity contribution in [2.24, 2.45) is 0 Å². The molecule has 0 atom stereocenters. The number of amides is 2. The van der Waals surface area contributed by atoms with Crippen LogP contribution in [0.1, 0.15) is 26.0 Å². The molecule has 0 aliphatic rings. The highest BCUT2D eigenvalue weighted by atomic mass is 32.2. The number of nitrogens with one attached hydrogen (secondary N) is 3. The van der Waals surface area contributed by atoms with Crippen LogP contribution < -0.4 is 20.9 Å². The van der Waals surface area contributed by atoms with Gasteiger partial charge in [0.25, 0.3) is 5.56 Å². The topological polar surface area (TPSA) is 113 Å². The summed E-state index contributed by atoms with van der Waals surface area (Å²) in [7, 11) is 1.49. The molecule has 2 amide bonds. The molecular formula is C18H22N4O4S. The summed E-state index contributed by atoms with van der Waals surface area (Å²) >= 11 is 1.14. The summed E-state index contributed by atoms with van der Waals surface area (Å²) in [5.74, 6) is 0.0298. The van der Waals surface area contributed by atoms with Crippen molar-refractivity contribution in [3.8, 4) is 5.75 Å². The normalized spacial score (nSPS) is 10.3. The molecule has 0 aliphatic heterocycles. The molecule has 0 fully saturated rings. The minimum absolute atomic E-state index is 0.0615. The van der Waals surface area contributed by atoms with Crippen molar-refractivity contribution < 1.29 is 14.3 Å². The second kappa shape index (κ2) is 9.77. The van der Waals surface area contributed by atoms with Crippen LogP contribution in [0.3, 0.4) is 0 Å². The maximum absolute atomic E-state index is 12.3. The van der Waals surface area contributed by atoms with Crippen molar-refractivity contribution in [3.05, 3.63) is 40.3 Å². The Morgan fingerprint density at radius 1 is 1.26 bits per heavy atom. The van der Waals surface area contributed by atoms with Crippen LogP contribution in [0.15, 0.2) is 34.2 Å². The number of carbonyl (C=O) groups excluding carboxylic acids is 2. The van der Waals surface area contributed by atoms with Crippen molar-refractivity contribution in [2.45, 2.75) is 31.8 Å². The molecule has 0 aliphatic carbocycles. The number of methoxy groups -OCH3 is 1. The summed E-state index contributed by atoms with van der Waals surface area (Å²) in [6.45, 7) is 3.41. The minimum atomic E-state index is -0.290. The molecule has 0 saturated heterocycles. The lowest BCUT2D eigenvalue weighted by atomic mass is 10.2. The first-order valence-electron chi connectivity index (χ1n) is 8.39. The molecule has 0 unspecified atom stereocenters. The van der Waals surface area contributed by atoms with E-state index in [0.29, 0.717) is 34.4 Å². The standard InChI is InChI=1S/C18H22N4O4S/c1-4-5-12-9-16(24)22-18(20-12)27-10-17(25)21-14-8-13(19-11(2)23)6-7-15(14)26-3/h6-9H,4-5,10H2,1-3H3,(H,19,23)(H,21,25)(H,20,22,24). The van der Waals surface area contributed by atoms with Crippen LogP contribution in [-0.4, -0.2) is 34.6 Å². The van der Waals surface area contributed by atoms with Crippen LogP contribution in [0, 0.1) is 0 Å². The maximum Gasteiger partial charge on any atom is 0.251 e. The van der Waals surface area contributed by atoms with Gasteiger partial charge in [0.1, 0.15) is 5.75 Å². The number of benzene rings is 1. The average molecular weight is 390 g/mol. The van der Waals surface area contributed by atoms with Gasteiger partial charge in [-0.15, -0.1) is 0 Å². The maximum atomic E-state index is 12.3. The van der Waals surface area contributed by atoms with Gasteiger partial charge < -0.3 is 20.4 Å². The van der Waals surface area contributed by atoms with Crippen molar-refractivity contribution in [3.63, 3.8) is 0 Å². The number of hydrogen-bond donors (Lipinski definition) is 3. The van der Waals surface area contributed by atoms with E-state index in [0.717, 1.165) is 18.2 Å². The summed E-state index contributed by atoms with van der Waals surface area (Å²) in [5.41, 5.74) is 1.45. The molecule has 0 radical (unpaired) electrons. The number of aromatic nitrogens is 2. The fourth-order valence-corrected chi connectivity index (χ4v) is 3.04. The number of anilines is 2. The Hall–Kier alpha value is -2.81. The molecule has 0 spiro atoms. The highest BCUT2D eigenvalue weighted by Gasteiger charge is 2.11. The third-order valence-corrected chi connectivity index (χ3v) is 4.29. The van der Waals surface area contributed by atoms with Crippen LogP contribution in [-0.2, 0) is 16.0 Å². The number of thioether (sulfide) groups is 1. The second-order valence-corrected chi connectivity index (χ2v) is 6.69. The molecule has 144 valence electrons. The zero-order valence-electron chi connectivity index (χ0n) is 15.4. The summed E-state index contributed by atoms with van der Waals surface area (Å²) in [6.07, 6.45) is 1.59. The predicted octanol–water partition coefficient (Wildman–Crippen LogP) is 2.42. The van der Waals surface area contributed by atoms with Crippen molar-refractivity contribution >= 4 is 35.0 Å². The molecule has 2 rings (SSSR count). The third-order valence-electron chi connectivity index (χ3n) is 3.41. The van der Waals surface area contributed by atoms with Gasteiger partial charge in [0.15, 0.2) is 5.16 Å². The lowest BCUT2D eigenvalue weighted by Crippen LogP contribution is -2.16. The number of nitrogens with zero attached hydrogens (tertiary/aromatic N) is 1. The molecule has 2 aromatic rings. The lowest BCUT2D eigenvalue weighted by molar-refractivity contribution is -0.114. The van der Waals surface area contributed by atoms with Gasteiger partial charge >= 0.3 is 0 Å². The summed E-state index contributed by atoms with van der Waals surface area (Å²) in [5, 5.41) is 5.80. The zero-order chi connectivity index (χ0) is 19.8. The van der Waals surface area contributed by atoms with Crippen LogP contribution in [0.5, 0.6) is 5.75 Å². The SMILES string of the molecule is CCCc1cc(=O)[nH]c(SCC(=O)Nc2cc(NC(C)=O)ccc2OC)n1. The highest BCUT2D eigenvalue weighted by molar-refractivity contribution is 7.99. The highest BCUT2D eigenvalue weighted by Crippen LogP contribution is 2.28. The minimum Gasteiger partial charge on any atom is -0.495 e. The van der Waals surface area contributed by atoms with Gasteiger partial charge in [-0.25, -0.2) is 4.98 Å². The van der Waals surface area contributed by atoms with Gasteiger partial charge in [-0.2, -0.15) is 0 Å². The molecule has 1 aromatic heterocycles. The number of ether oxygens (including phenoxy) is 1. The quantitative estimate of drug-likeness (QED) is 0.471. The Bertz CT molecular complexity index is 882. The monoisotopic (exact) mass is 390 g/mol. The number of hydrogen-bond acceptors (Lipinski definition) is 6. The smallest absolute Gasteiger partial charge is 0.251 e. The number of carbonyl (C=O) groups is 2. The van der Waals surface area contributed by atoms with Crippen molar-refractivity contribution in [1.82, 2.24) is 9.97 Å². The average Bonchev–Trinajstić information content (AvgIpc) is 2.59. The fourth-order valence-electron chi connectivity index (χ4n) is 2.34. The first-order valence-corrected chi connectivity index (χ1v) is 9.38. The van der Waals surface area contributed by atoms with Gasteiger partial charge in [-0.05, 0) is 24.6 Å². The molecule has 1 aromatic carbocycles. The molecule has 3 N–H and O–H groups in total. The zero-order valence-corrected chi connectivity index (χ0v) is 16.2. The molecule has 1 heterocycles.